The summed E-state index contributed by atoms with van der Waals surface area (Å²) in [5, 5.41) is 15.4. The maximum Gasteiger partial charge on any atom is 0.234 e. The normalized spacial score (nSPS) is 14.9. The molecule has 2 aromatic rings. The molecule has 0 saturated heterocycles. The molecule has 3 rings (SSSR count). The number of fused-ring (bicyclic) bond motifs is 1. The van der Waals surface area contributed by atoms with Gasteiger partial charge in [-0.15, -0.1) is 10.2 Å². The van der Waals surface area contributed by atoms with Crippen LogP contribution in [0.4, 0.5) is 0 Å². The summed E-state index contributed by atoms with van der Waals surface area (Å²) in [6.07, 6.45) is 0.892. The minimum atomic E-state index is 0.0786. The molecule has 1 aliphatic heterocycles. The van der Waals surface area contributed by atoms with Crippen LogP contribution in [0.2, 0.25) is 0 Å². The van der Waals surface area contributed by atoms with Crippen molar-refractivity contribution in [2.24, 2.45) is 0 Å². The van der Waals surface area contributed by atoms with Crippen molar-refractivity contribution in [1.29, 1.82) is 0 Å². The van der Waals surface area contributed by atoms with Gasteiger partial charge in [0.2, 0.25) is 5.91 Å². The van der Waals surface area contributed by atoms with Gasteiger partial charge in [-0.05, 0) is 35.7 Å². The molecule has 0 spiro atoms. The first-order valence-corrected chi connectivity index (χ1v) is 8.05. The van der Waals surface area contributed by atoms with Crippen molar-refractivity contribution in [2.45, 2.75) is 26.4 Å². The first kappa shape index (κ1) is 14.2. The van der Waals surface area contributed by atoms with Crippen LogP contribution in [-0.2, 0) is 24.3 Å². The summed E-state index contributed by atoms with van der Waals surface area (Å²) in [4.78, 5) is 14.1. The van der Waals surface area contributed by atoms with Crippen LogP contribution in [0.5, 0.6) is 0 Å². The molecule has 0 radical (unpaired) electrons. The topological polar surface area (TPSA) is 63.1 Å². The van der Waals surface area contributed by atoms with Gasteiger partial charge < -0.3 is 9.88 Å². The number of aromatic nitrogens is 3. The number of thiophene rings is 1. The van der Waals surface area contributed by atoms with E-state index >= 15 is 0 Å². The summed E-state index contributed by atoms with van der Waals surface area (Å²) in [5.74, 6) is 1.98. The van der Waals surface area contributed by atoms with Gasteiger partial charge in [-0.3, -0.25) is 9.69 Å². The summed E-state index contributed by atoms with van der Waals surface area (Å²) in [7, 11) is 0. The van der Waals surface area contributed by atoms with E-state index in [9.17, 15) is 4.79 Å². The Morgan fingerprint density at radius 1 is 1.43 bits per heavy atom. The summed E-state index contributed by atoms with van der Waals surface area (Å²) in [6.45, 7) is 5.50. The Morgan fingerprint density at radius 3 is 3.14 bits per heavy atom. The highest BCUT2D eigenvalue weighted by molar-refractivity contribution is 7.07. The standard InChI is InChI=1S/C14H19N5OS/c1-11-16-17-13-8-18(5-6-19(11)13)9-14(20)15-4-2-12-3-7-21-10-12/h3,7,10H,2,4-6,8-9H2,1H3,(H,15,20). The SMILES string of the molecule is Cc1nnc2n1CCN(CC(=O)NCCc1ccsc1)C2. The minimum Gasteiger partial charge on any atom is -0.355 e. The zero-order valence-electron chi connectivity index (χ0n) is 12.1. The molecule has 0 saturated carbocycles. The zero-order chi connectivity index (χ0) is 14.7. The highest BCUT2D eigenvalue weighted by Crippen LogP contribution is 2.11. The second kappa shape index (κ2) is 6.36. The van der Waals surface area contributed by atoms with Crippen molar-refractivity contribution in [3.8, 4) is 0 Å². The number of nitrogens with zero attached hydrogens (tertiary/aromatic N) is 4. The van der Waals surface area contributed by atoms with Gasteiger partial charge in [0.15, 0.2) is 0 Å². The van der Waals surface area contributed by atoms with Gasteiger partial charge in [0, 0.05) is 19.6 Å². The Bertz CT molecular complexity index is 607. The third-order valence-electron chi connectivity index (χ3n) is 3.70. The Hall–Kier alpha value is -1.73. The maximum absolute atomic E-state index is 12.0. The molecule has 7 heteroatoms. The first-order valence-electron chi connectivity index (χ1n) is 7.11. The lowest BCUT2D eigenvalue weighted by Crippen LogP contribution is -2.42. The predicted octanol–water partition coefficient (Wildman–Crippen LogP) is 0.823. The molecule has 1 N–H and O–H groups in total. The van der Waals surface area contributed by atoms with Gasteiger partial charge in [-0.25, -0.2) is 0 Å². The van der Waals surface area contributed by atoms with Gasteiger partial charge in [-0.1, -0.05) is 0 Å². The minimum absolute atomic E-state index is 0.0786. The second-order valence-corrected chi connectivity index (χ2v) is 6.04. The molecular formula is C14H19N5OS. The average Bonchev–Trinajstić information content (AvgIpc) is 3.09. The van der Waals surface area contributed by atoms with Gasteiger partial charge in [0.25, 0.3) is 0 Å². The lowest BCUT2D eigenvalue weighted by atomic mass is 10.2. The average molecular weight is 305 g/mol. The van der Waals surface area contributed by atoms with Crippen LogP contribution in [-0.4, -0.2) is 45.2 Å². The van der Waals surface area contributed by atoms with Crippen molar-refractivity contribution < 1.29 is 4.79 Å². The monoisotopic (exact) mass is 305 g/mol. The second-order valence-electron chi connectivity index (χ2n) is 5.26. The zero-order valence-corrected chi connectivity index (χ0v) is 12.9. The molecule has 2 aromatic heterocycles. The van der Waals surface area contributed by atoms with E-state index in [0.717, 1.165) is 31.2 Å². The van der Waals surface area contributed by atoms with E-state index in [-0.39, 0.29) is 5.91 Å². The number of nitrogens with one attached hydrogen (secondary N) is 1. The van der Waals surface area contributed by atoms with Gasteiger partial charge in [0.1, 0.15) is 11.6 Å². The number of hydrogen-bond donors (Lipinski definition) is 1. The van der Waals surface area contributed by atoms with Gasteiger partial charge in [0.05, 0.1) is 13.1 Å². The van der Waals surface area contributed by atoms with Crippen molar-refractivity contribution >= 4 is 17.2 Å². The van der Waals surface area contributed by atoms with Crippen molar-refractivity contribution in [2.75, 3.05) is 19.6 Å². The third kappa shape index (κ3) is 3.48. The summed E-state index contributed by atoms with van der Waals surface area (Å²) >= 11 is 1.69. The van der Waals surface area contributed by atoms with Crippen LogP contribution in [0, 0.1) is 6.92 Å². The molecule has 0 atom stereocenters. The van der Waals surface area contributed by atoms with Crippen LogP contribution >= 0.6 is 11.3 Å². The highest BCUT2D eigenvalue weighted by Gasteiger charge is 2.20. The summed E-state index contributed by atoms with van der Waals surface area (Å²) in [6, 6.07) is 2.09. The van der Waals surface area contributed by atoms with E-state index in [2.05, 4.69) is 41.8 Å². The molecule has 21 heavy (non-hydrogen) atoms. The molecule has 0 fully saturated rings. The van der Waals surface area contributed by atoms with Crippen molar-refractivity contribution in [3.63, 3.8) is 0 Å². The fraction of sp³-hybridized carbons (Fsp3) is 0.500. The molecule has 6 nitrogen and oxygen atoms in total. The van der Waals surface area contributed by atoms with Crippen LogP contribution in [0.25, 0.3) is 0 Å². The number of aryl methyl sites for hydroxylation is 1. The molecule has 3 heterocycles. The number of carbonyl (C=O) groups excluding carboxylic acids is 1. The van der Waals surface area contributed by atoms with E-state index in [0.29, 0.717) is 19.6 Å². The third-order valence-corrected chi connectivity index (χ3v) is 4.43. The molecule has 1 amide bonds. The lowest BCUT2D eigenvalue weighted by Gasteiger charge is -2.26. The summed E-state index contributed by atoms with van der Waals surface area (Å²) < 4.78 is 2.12. The maximum atomic E-state index is 12.0. The van der Waals surface area contributed by atoms with Crippen molar-refractivity contribution in [1.82, 2.24) is 25.0 Å². The molecule has 1 aliphatic rings. The molecule has 0 aromatic carbocycles. The number of rotatable bonds is 5. The molecule has 0 bridgehead atoms. The molecule has 0 aliphatic carbocycles. The Kier molecular flexibility index (Phi) is 4.31. The molecule has 0 unspecified atom stereocenters. The molecule has 112 valence electrons. The van der Waals surface area contributed by atoms with E-state index in [4.69, 9.17) is 0 Å². The largest absolute Gasteiger partial charge is 0.355 e. The Balaban J connectivity index is 1.43. The van der Waals surface area contributed by atoms with Gasteiger partial charge >= 0.3 is 0 Å². The van der Waals surface area contributed by atoms with E-state index in [1.807, 2.05) is 6.92 Å². The van der Waals surface area contributed by atoms with E-state index in [1.54, 1.807) is 11.3 Å². The highest BCUT2D eigenvalue weighted by atomic mass is 32.1. The fourth-order valence-corrected chi connectivity index (χ4v) is 3.23. The number of amides is 1. The van der Waals surface area contributed by atoms with Crippen molar-refractivity contribution in [3.05, 3.63) is 34.0 Å². The van der Waals surface area contributed by atoms with E-state index < -0.39 is 0 Å². The molecular weight excluding hydrogens is 286 g/mol. The lowest BCUT2D eigenvalue weighted by molar-refractivity contribution is -0.122. The van der Waals surface area contributed by atoms with Crippen LogP contribution in [0.15, 0.2) is 16.8 Å². The Morgan fingerprint density at radius 2 is 2.33 bits per heavy atom. The van der Waals surface area contributed by atoms with Crippen LogP contribution in [0.3, 0.4) is 0 Å². The first-order chi connectivity index (χ1) is 10.2. The van der Waals surface area contributed by atoms with E-state index in [1.165, 1.54) is 5.56 Å². The van der Waals surface area contributed by atoms with Crippen LogP contribution in [0.1, 0.15) is 17.2 Å². The Labute approximate surface area is 127 Å². The summed E-state index contributed by atoms with van der Waals surface area (Å²) in [5.41, 5.74) is 1.28. The fourth-order valence-electron chi connectivity index (χ4n) is 2.53. The number of hydrogen-bond acceptors (Lipinski definition) is 5. The smallest absolute Gasteiger partial charge is 0.234 e. The quantitative estimate of drug-likeness (QED) is 0.888. The van der Waals surface area contributed by atoms with Gasteiger partial charge in [-0.2, -0.15) is 11.3 Å². The van der Waals surface area contributed by atoms with Crippen LogP contribution < -0.4 is 5.32 Å². The number of carbonyl (C=O) groups is 1. The predicted molar refractivity (Wildman–Crippen MR) is 81.1 cm³/mol.